The monoisotopic (exact) mass is 196 g/mol. The fourth-order valence-electron chi connectivity index (χ4n) is 1.62. The van der Waals surface area contributed by atoms with Crippen molar-refractivity contribution >= 4 is 0 Å². The minimum atomic E-state index is -4.09. The topological polar surface area (TPSA) is 15.3 Å². The molecule has 0 bridgehead atoms. The smallest absolute Gasteiger partial charge is 0.314 e. The summed E-state index contributed by atoms with van der Waals surface area (Å²) >= 11 is 0. The zero-order valence-electron chi connectivity index (χ0n) is 7.69. The lowest BCUT2D eigenvalue weighted by atomic mass is 10.2. The van der Waals surface area contributed by atoms with Gasteiger partial charge >= 0.3 is 6.18 Å². The normalized spacial score (nSPS) is 26.3. The summed E-state index contributed by atoms with van der Waals surface area (Å²) in [5.74, 6) is 0. The molecule has 0 aromatic rings. The van der Waals surface area contributed by atoms with Gasteiger partial charge in [-0.3, -0.25) is 4.90 Å². The van der Waals surface area contributed by atoms with Gasteiger partial charge in [0.05, 0.1) is 0 Å². The Morgan fingerprint density at radius 3 is 2.69 bits per heavy atom. The maximum absolute atomic E-state index is 12.4. The van der Waals surface area contributed by atoms with Gasteiger partial charge in [0.2, 0.25) is 0 Å². The molecule has 0 aromatic carbocycles. The molecule has 1 fully saturated rings. The molecular weight excluding hydrogens is 181 g/mol. The van der Waals surface area contributed by atoms with Crippen molar-refractivity contribution in [1.82, 2.24) is 10.2 Å². The van der Waals surface area contributed by atoms with E-state index in [-0.39, 0.29) is 6.54 Å². The van der Waals surface area contributed by atoms with Crippen LogP contribution < -0.4 is 5.32 Å². The largest absolute Gasteiger partial charge is 0.405 e. The van der Waals surface area contributed by atoms with Crippen LogP contribution in [0.2, 0.25) is 0 Å². The van der Waals surface area contributed by atoms with Gasteiger partial charge < -0.3 is 5.32 Å². The van der Waals surface area contributed by atoms with Crippen molar-refractivity contribution < 1.29 is 13.2 Å². The van der Waals surface area contributed by atoms with E-state index in [1.54, 1.807) is 0 Å². The van der Waals surface area contributed by atoms with E-state index in [4.69, 9.17) is 0 Å². The molecule has 1 saturated heterocycles. The minimum absolute atomic E-state index is 0.0312. The maximum Gasteiger partial charge on any atom is 0.405 e. The molecule has 0 spiro atoms. The van der Waals surface area contributed by atoms with Gasteiger partial charge in [-0.05, 0) is 13.0 Å². The summed E-state index contributed by atoms with van der Waals surface area (Å²) in [6.45, 7) is 3.62. The van der Waals surface area contributed by atoms with E-state index in [9.17, 15) is 13.2 Å². The number of alkyl halides is 3. The van der Waals surface area contributed by atoms with Gasteiger partial charge in [0.15, 0.2) is 0 Å². The average molecular weight is 196 g/mol. The Balaban J connectivity index is 2.56. The molecule has 2 nitrogen and oxygen atoms in total. The van der Waals surface area contributed by atoms with Crippen LogP contribution in [-0.4, -0.2) is 43.3 Å². The van der Waals surface area contributed by atoms with Crippen molar-refractivity contribution in [3.8, 4) is 0 Å². The molecule has 0 aromatic heterocycles. The summed E-state index contributed by atoms with van der Waals surface area (Å²) in [6, 6.07) is -1.29. The van der Waals surface area contributed by atoms with Crippen LogP contribution >= 0.6 is 0 Å². The molecule has 0 amide bonds. The molecule has 78 valence electrons. The summed E-state index contributed by atoms with van der Waals surface area (Å²) in [7, 11) is 0. The van der Waals surface area contributed by atoms with E-state index in [1.165, 1.54) is 4.90 Å². The number of hydrogen-bond donors (Lipinski definition) is 1. The predicted molar refractivity (Wildman–Crippen MR) is 44.6 cm³/mol. The Kier molecular flexibility index (Phi) is 3.55. The summed E-state index contributed by atoms with van der Waals surface area (Å²) in [6.07, 6.45) is -3.32. The van der Waals surface area contributed by atoms with Gasteiger partial charge in [0.1, 0.15) is 6.04 Å². The molecule has 5 heteroatoms. The molecule has 13 heavy (non-hydrogen) atoms. The van der Waals surface area contributed by atoms with Crippen LogP contribution in [0.25, 0.3) is 0 Å². The van der Waals surface area contributed by atoms with Crippen LogP contribution in [0.4, 0.5) is 13.2 Å². The molecular formula is C8H15F3N2. The third kappa shape index (κ3) is 2.84. The van der Waals surface area contributed by atoms with Gasteiger partial charge in [-0.25, -0.2) is 0 Å². The SMILES string of the molecule is CCCN1CCNCC1C(F)(F)F. The van der Waals surface area contributed by atoms with Crippen LogP contribution in [-0.2, 0) is 0 Å². The summed E-state index contributed by atoms with van der Waals surface area (Å²) in [4.78, 5) is 1.51. The van der Waals surface area contributed by atoms with Crippen molar-refractivity contribution in [3.05, 3.63) is 0 Å². The van der Waals surface area contributed by atoms with E-state index >= 15 is 0 Å². The third-order valence-corrected chi connectivity index (χ3v) is 2.24. The first-order valence-corrected chi connectivity index (χ1v) is 4.57. The highest BCUT2D eigenvalue weighted by Gasteiger charge is 2.43. The Hall–Kier alpha value is -0.290. The number of halogens is 3. The average Bonchev–Trinajstić information content (AvgIpc) is 2.04. The Bertz CT molecular complexity index is 156. The van der Waals surface area contributed by atoms with Gasteiger partial charge in [-0.2, -0.15) is 13.2 Å². The quantitative estimate of drug-likeness (QED) is 0.714. The molecule has 0 saturated carbocycles. The fourth-order valence-corrected chi connectivity index (χ4v) is 1.62. The fraction of sp³-hybridized carbons (Fsp3) is 1.00. The summed E-state index contributed by atoms with van der Waals surface area (Å²) < 4.78 is 37.3. The Morgan fingerprint density at radius 2 is 2.15 bits per heavy atom. The van der Waals surface area contributed by atoms with Crippen LogP contribution in [0.15, 0.2) is 0 Å². The van der Waals surface area contributed by atoms with Crippen LogP contribution in [0.5, 0.6) is 0 Å². The maximum atomic E-state index is 12.4. The van der Waals surface area contributed by atoms with Crippen molar-refractivity contribution in [2.75, 3.05) is 26.2 Å². The zero-order valence-corrected chi connectivity index (χ0v) is 7.69. The molecule has 1 rings (SSSR count). The highest BCUT2D eigenvalue weighted by Crippen LogP contribution is 2.25. The number of rotatable bonds is 2. The Morgan fingerprint density at radius 1 is 1.46 bits per heavy atom. The molecule has 1 heterocycles. The first-order valence-electron chi connectivity index (χ1n) is 4.57. The van der Waals surface area contributed by atoms with E-state index < -0.39 is 12.2 Å². The number of piperazine rings is 1. The number of nitrogens with zero attached hydrogens (tertiary/aromatic N) is 1. The van der Waals surface area contributed by atoms with Gasteiger partial charge in [0.25, 0.3) is 0 Å². The van der Waals surface area contributed by atoms with Crippen LogP contribution in [0.3, 0.4) is 0 Å². The van der Waals surface area contributed by atoms with Crippen LogP contribution in [0, 0.1) is 0 Å². The highest BCUT2D eigenvalue weighted by atomic mass is 19.4. The summed E-state index contributed by atoms with van der Waals surface area (Å²) in [5.41, 5.74) is 0. The van der Waals surface area contributed by atoms with E-state index in [1.807, 2.05) is 6.92 Å². The van der Waals surface area contributed by atoms with Crippen molar-refractivity contribution in [3.63, 3.8) is 0 Å². The van der Waals surface area contributed by atoms with E-state index in [2.05, 4.69) is 5.32 Å². The molecule has 0 aliphatic carbocycles. The Labute approximate surface area is 76.1 Å². The predicted octanol–water partition coefficient (Wildman–Crippen LogP) is 1.23. The molecule has 1 aliphatic heterocycles. The lowest BCUT2D eigenvalue weighted by molar-refractivity contribution is -0.186. The molecule has 1 N–H and O–H groups in total. The number of nitrogens with one attached hydrogen (secondary N) is 1. The molecule has 0 radical (unpaired) electrons. The summed E-state index contributed by atoms with van der Waals surface area (Å²) in [5, 5.41) is 2.77. The third-order valence-electron chi connectivity index (χ3n) is 2.24. The number of hydrogen-bond acceptors (Lipinski definition) is 2. The van der Waals surface area contributed by atoms with Crippen molar-refractivity contribution in [2.24, 2.45) is 0 Å². The van der Waals surface area contributed by atoms with Crippen molar-refractivity contribution in [1.29, 1.82) is 0 Å². The molecule has 1 aliphatic rings. The van der Waals surface area contributed by atoms with Gasteiger partial charge in [-0.15, -0.1) is 0 Å². The molecule has 1 atom stereocenters. The standard InChI is InChI=1S/C8H15F3N2/c1-2-4-13-5-3-12-6-7(13)8(9,10)11/h7,12H,2-6H2,1H3. The first-order chi connectivity index (χ1) is 6.05. The zero-order chi connectivity index (χ0) is 9.90. The minimum Gasteiger partial charge on any atom is -0.314 e. The second-order valence-electron chi connectivity index (χ2n) is 3.30. The van der Waals surface area contributed by atoms with E-state index in [0.717, 1.165) is 6.42 Å². The van der Waals surface area contributed by atoms with Crippen molar-refractivity contribution in [2.45, 2.75) is 25.6 Å². The highest BCUT2D eigenvalue weighted by molar-refractivity contribution is 4.84. The van der Waals surface area contributed by atoms with E-state index in [0.29, 0.717) is 19.6 Å². The van der Waals surface area contributed by atoms with Gasteiger partial charge in [-0.1, -0.05) is 6.92 Å². The van der Waals surface area contributed by atoms with Gasteiger partial charge in [0, 0.05) is 19.6 Å². The first kappa shape index (κ1) is 10.8. The lowest BCUT2D eigenvalue weighted by Crippen LogP contribution is -2.57. The second-order valence-corrected chi connectivity index (χ2v) is 3.30. The molecule has 1 unspecified atom stereocenters. The lowest BCUT2D eigenvalue weighted by Gasteiger charge is -2.36. The second kappa shape index (κ2) is 4.28. The van der Waals surface area contributed by atoms with Crippen LogP contribution in [0.1, 0.15) is 13.3 Å².